The summed E-state index contributed by atoms with van der Waals surface area (Å²) in [6, 6.07) is 14.7. The molecule has 1 N–H and O–H groups in total. The summed E-state index contributed by atoms with van der Waals surface area (Å²) in [6.07, 6.45) is 0. The Bertz CT molecular complexity index is 1570. The molecular weight excluding hydrogens is 501 g/mol. The Morgan fingerprint density at radius 2 is 1.72 bits per heavy atom. The van der Waals surface area contributed by atoms with Gasteiger partial charge in [-0.15, -0.1) is 0 Å². The summed E-state index contributed by atoms with van der Waals surface area (Å²) in [7, 11) is -3.89. The molecule has 0 unspecified atom stereocenters. The van der Waals surface area contributed by atoms with Crippen LogP contribution >= 0.6 is 11.3 Å². The molecule has 0 saturated heterocycles. The number of benzene rings is 3. The lowest BCUT2D eigenvalue weighted by molar-refractivity contribution is 0.0996. The van der Waals surface area contributed by atoms with Gasteiger partial charge in [-0.1, -0.05) is 11.3 Å². The molecular formula is C26H26FN3O4S2. The quantitative estimate of drug-likeness (QED) is 0.325. The van der Waals surface area contributed by atoms with Crippen LogP contribution in [-0.4, -0.2) is 32.1 Å². The van der Waals surface area contributed by atoms with Crippen LogP contribution in [0.5, 0.6) is 0 Å². The van der Waals surface area contributed by atoms with Crippen molar-refractivity contribution in [2.24, 2.45) is 4.99 Å². The van der Waals surface area contributed by atoms with E-state index >= 15 is 0 Å². The molecule has 4 rings (SSSR count). The first-order valence-electron chi connectivity index (χ1n) is 11.3. The van der Waals surface area contributed by atoms with Crippen LogP contribution in [0.15, 0.2) is 70.6 Å². The molecule has 0 aliphatic heterocycles. The van der Waals surface area contributed by atoms with Gasteiger partial charge >= 0.3 is 0 Å². The highest BCUT2D eigenvalue weighted by atomic mass is 32.2. The highest BCUT2D eigenvalue weighted by molar-refractivity contribution is 7.92. The SMILES string of the molecule is CCOCCn1c(=NC(=O)c2ccc(NS(=O)(=O)c3ccc(F)cc3)cc2)sc2cc(C)c(C)cc21. The molecule has 0 aliphatic carbocycles. The summed E-state index contributed by atoms with van der Waals surface area (Å²) >= 11 is 1.44. The number of thiazole rings is 1. The zero-order chi connectivity index (χ0) is 25.9. The number of ether oxygens (including phenoxy) is 1. The van der Waals surface area contributed by atoms with E-state index in [0.717, 1.165) is 33.5 Å². The van der Waals surface area contributed by atoms with Crippen molar-refractivity contribution >= 4 is 43.2 Å². The number of sulfonamides is 1. The Morgan fingerprint density at radius 3 is 2.39 bits per heavy atom. The molecule has 36 heavy (non-hydrogen) atoms. The van der Waals surface area contributed by atoms with Crippen molar-refractivity contribution in [1.29, 1.82) is 0 Å². The van der Waals surface area contributed by atoms with E-state index in [4.69, 9.17) is 4.74 Å². The number of hydrogen-bond donors (Lipinski definition) is 1. The third-order valence-electron chi connectivity index (χ3n) is 5.67. The third kappa shape index (κ3) is 5.72. The fourth-order valence-electron chi connectivity index (χ4n) is 3.58. The molecule has 4 aromatic rings. The van der Waals surface area contributed by atoms with Crippen LogP contribution < -0.4 is 9.52 Å². The Labute approximate surface area is 212 Å². The number of halogens is 1. The van der Waals surface area contributed by atoms with E-state index in [9.17, 15) is 17.6 Å². The van der Waals surface area contributed by atoms with Crippen molar-refractivity contribution in [2.45, 2.75) is 32.2 Å². The Kier molecular flexibility index (Phi) is 7.67. The molecule has 1 heterocycles. The summed E-state index contributed by atoms with van der Waals surface area (Å²) in [4.78, 5) is 17.9. The van der Waals surface area contributed by atoms with E-state index in [0.29, 0.717) is 30.1 Å². The van der Waals surface area contributed by atoms with E-state index in [1.807, 2.05) is 25.3 Å². The second-order valence-electron chi connectivity index (χ2n) is 8.19. The summed E-state index contributed by atoms with van der Waals surface area (Å²) in [5.74, 6) is -0.961. The molecule has 1 aromatic heterocycles. The van der Waals surface area contributed by atoms with E-state index in [1.165, 1.54) is 47.7 Å². The fraction of sp³-hybridized carbons (Fsp3) is 0.231. The predicted octanol–water partition coefficient (Wildman–Crippen LogP) is 5.04. The van der Waals surface area contributed by atoms with Crippen LogP contribution in [0, 0.1) is 19.7 Å². The van der Waals surface area contributed by atoms with Gasteiger partial charge < -0.3 is 9.30 Å². The first-order valence-corrected chi connectivity index (χ1v) is 13.6. The van der Waals surface area contributed by atoms with Crippen LogP contribution in [0.4, 0.5) is 10.1 Å². The van der Waals surface area contributed by atoms with E-state index in [-0.39, 0.29) is 10.6 Å². The Morgan fingerprint density at radius 1 is 1.06 bits per heavy atom. The molecule has 0 radical (unpaired) electrons. The minimum atomic E-state index is -3.89. The molecule has 0 aliphatic rings. The molecule has 0 saturated carbocycles. The lowest BCUT2D eigenvalue weighted by Gasteiger charge is -2.08. The second-order valence-corrected chi connectivity index (χ2v) is 10.9. The minimum absolute atomic E-state index is 0.0640. The van der Waals surface area contributed by atoms with Crippen molar-refractivity contribution in [3.63, 3.8) is 0 Å². The molecule has 1 amide bonds. The number of nitrogens with one attached hydrogen (secondary N) is 1. The zero-order valence-corrected chi connectivity index (χ0v) is 21.7. The number of amides is 1. The molecule has 0 fully saturated rings. The number of carbonyl (C=O) groups is 1. The van der Waals surface area contributed by atoms with Crippen LogP contribution in [-0.2, 0) is 21.3 Å². The number of aryl methyl sites for hydroxylation is 2. The predicted molar refractivity (Wildman–Crippen MR) is 139 cm³/mol. The Hall–Kier alpha value is -3.34. The van der Waals surface area contributed by atoms with Crippen molar-refractivity contribution < 1.29 is 22.3 Å². The molecule has 188 valence electrons. The summed E-state index contributed by atoms with van der Waals surface area (Å²) in [5, 5.41) is 0. The van der Waals surface area contributed by atoms with Crippen molar-refractivity contribution in [3.05, 3.63) is 88.0 Å². The minimum Gasteiger partial charge on any atom is -0.380 e. The van der Waals surface area contributed by atoms with Crippen LogP contribution in [0.1, 0.15) is 28.4 Å². The largest absolute Gasteiger partial charge is 0.380 e. The molecule has 0 bridgehead atoms. The van der Waals surface area contributed by atoms with Gasteiger partial charge in [0, 0.05) is 24.4 Å². The van der Waals surface area contributed by atoms with Crippen molar-refractivity contribution in [3.8, 4) is 0 Å². The fourth-order valence-corrected chi connectivity index (χ4v) is 5.78. The van der Waals surface area contributed by atoms with Crippen LogP contribution in [0.25, 0.3) is 10.2 Å². The average Bonchev–Trinajstić information content (AvgIpc) is 3.15. The number of anilines is 1. The van der Waals surface area contributed by atoms with Gasteiger partial charge in [-0.3, -0.25) is 9.52 Å². The van der Waals surface area contributed by atoms with Crippen molar-refractivity contribution in [1.82, 2.24) is 4.57 Å². The highest BCUT2D eigenvalue weighted by Crippen LogP contribution is 2.22. The van der Waals surface area contributed by atoms with Gasteiger partial charge in [0.1, 0.15) is 5.82 Å². The first kappa shape index (κ1) is 25.7. The number of fused-ring (bicyclic) bond motifs is 1. The maximum atomic E-state index is 13.1. The maximum Gasteiger partial charge on any atom is 0.279 e. The van der Waals surface area contributed by atoms with Crippen LogP contribution in [0.2, 0.25) is 0 Å². The topological polar surface area (TPSA) is 89.8 Å². The Balaban J connectivity index is 1.61. The maximum absolute atomic E-state index is 13.1. The standard InChI is InChI=1S/C26H26FN3O4S2/c1-4-34-14-13-30-23-15-17(2)18(3)16-24(23)35-26(30)28-25(31)19-5-9-21(10-6-19)29-36(32,33)22-11-7-20(27)8-12-22/h5-12,15-16,29H,4,13-14H2,1-3H3. The van der Waals surface area contributed by atoms with E-state index in [1.54, 1.807) is 0 Å². The normalized spacial score (nSPS) is 12.3. The lowest BCUT2D eigenvalue weighted by Crippen LogP contribution is -2.20. The van der Waals surface area contributed by atoms with Gasteiger partial charge in [-0.05, 0) is 92.6 Å². The summed E-state index contributed by atoms with van der Waals surface area (Å²) in [6.45, 7) is 7.69. The number of nitrogens with zero attached hydrogens (tertiary/aromatic N) is 2. The molecule has 0 spiro atoms. The summed E-state index contributed by atoms with van der Waals surface area (Å²) < 4.78 is 49.1. The van der Waals surface area contributed by atoms with Gasteiger partial charge in [0.15, 0.2) is 4.80 Å². The van der Waals surface area contributed by atoms with E-state index in [2.05, 4.69) is 21.8 Å². The zero-order valence-electron chi connectivity index (χ0n) is 20.1. The summed E-state index contributed by atoms with van der Waals surface area (Å²) in [5.41, 5.74) is 3.91. The second kappa shape index (κ2) is 10.7. The molecule has 7 nitrogen and oxygen atoms in total. The van der Waals surface area contributed by atoms with Gasteiger partial charge in [0.25, 0.3) is 15.9 Å². The number of hydrogen-bond acceptors (Lipinski definition) is 5. The highest BCUT2D eigenvalue weighted by Gasteiger charge is 2.15. The number of rotatable bonds is 8. The third-order valence-corrected chi connectivity index (χ3v) is 8.11. The van der Waals surface area contributed by atoms with Crippen LogP contribution in [0.3, 0.4) is 0 Å². The van der Waals surface area contributed by atoms with Crippen molar-refractivity contribution in [2.75, 3.05) is 17.9 Å². The lowest BCUT2D eigenvalue weighted by atomic mass is 10.1. The van der Waals surface area contributed by atoms with Gasteiger partial charge in [0.05, 0.1) is 21.7 Å². The molecule has 10 heteroatoms. The monoisotopic (exact) mass is 527 g/mol. The molecule has 0 atom stereocenters. The van der Waals surface area contributed by atoms with Gasteiger partial charge in [-0.2, -0.15) is 4.99 Å². The van der Waals surface area contributed by atoms with Gasteiger partial charge in [-0.25, -0.2) is 12.8 Å². The average molecular weight is 528 g/mol. The first-order chi connectivity index (χ1) is 17.2. The van der Waals surface area contributed by atoms with Gasteiger partial charge in [0.2, 0.25) is 0 Å². The smallest absolute Gasteiger partial charge is 0.279 e. The number of carbonyl (C=O) groups excluding carboxylic acids is 1. The van der Waals surface area contributed by atoms with E-state index < -0.39 is 21.7 Å². The number of aromatic nitrogens is 1. The molecule has 3 aromatic carbocycles.